The fraction of sp³-hybridized carbons (Fsp3) is 0. The summed E-state index contributed by atoms with van der Waals surface area (Å²) in [6.45, 7) is -3.70. The summed E-state index contributed by atoms with van der Waals surface area (Å²) in [6, 6.07) is 16.8. The van der Waals surface area contributed by atoms with Gasteiger partial charge in [0.15, 0.2) is 0 Å². The Morgan fingerprint density at radius 3 is 1.44 bits per heavy atom. The van der Waals surface area contributed by atoms with E-state index >= 15 is 0 Å². The van der Waals surface area contributed by atoms with Crippen molar-refractivity contribution in [3.05, 3.63) is 60.7 Å². The smallest absolute Gasteiger partial charge is 0.290 e. The van der Waals surface area contributed by atoms with E-state index in [2.05, 4.69) is 0 Å². The first-order chi connectivity index (χ1) is 8.46. The van der Waals surface area contributed by atoms with E-state index in [1.165, 1.54) is 0 Å². The topological polar surface area (TPSA) is 54.4 Å². The van der Waals surface area contributed by atoms with Gasteiger partial charge in [-0.25, -0.2) is 8.42 Å². The third-order valence-electron chi connectivity index (χ3n) is 2.65. The Morgan fingerprint density at radius 2 is 1.17 bits per heavy atom. The van der Waals surface area contributed by atoms with Crippen LogP contribution in [0, 0.1) is 0 Å². The molecule has 1 N–H and O–H groups in total. The van der Waals surface area contributed by atoms with Gasteiger partial charge in [-0.15, -0.1) is 11.1 Å². The number of hydrogen-bond acceptors (Lipinski definition) is 2. The van der Waals surface area contributed by atoms with Crippen molar-refractivity contribution in [3.63, 3.8) is 0 Å². The Bertz CT molecular complexity index is 589. The van der Waals surface area contributed by atoms with Crippen LogP contribution in [0.5, 0.6) is 0 Å². The van der Waals surface area contributed by atoms with E-state index < -0.39 is 16.1 Å². The van der Waals surface area contributed by atoms with Crippen LogP contribution < -0.4 is 10.4 Å². The molecule has 0 aromatic heterocycles. The Hall–Kier alpha value is -1.14. The van der Waals surface area contributed by atoms with Crippen molar-refractivity contribution in [3.8, 4) is 0 Å². The highest BCUT2D eigenvalue weighted by Crippen LogP contribution is 2.16. The molecule has 3 nitrogen and oxygen atoms in total. The number of halogens is 1. The predicted octanol–water partition coefficient (Wildman–Crippen LogP) is 1.37. The van der Waals surface area contributed by atoms with Crippen LogP contribution in [0.2, 0.25) is 0 Å². The van der Waals surface area contributed by atoms with Crippen molar-refractivity contribution in [2.24, 2.45) is 0 Å². The highest BCUT2D eigenvalue weighted by molar-refractivity contribution is 8.27. The van der Waals surface area contributed by atoms with Gasteiger partial charge in [-0.1, -0.05) is 60.7 Å². The average Bonchev–Trinajstić information content (AvgIpc) is 2.38. The predicted molar refractivity (Wildman–Crippen MR) is 75.3 cm³/mol. The minimum Gasteiger partial charge on any atom is -0.290 e. The maximum absolute atomic E-state index is 11.7. The van der Waals surface area contributed by atoms with Gasteiger partial charge in [-0.2, -0.15) is 0 Å². The summed E-state index contributed by atoms with van der Waals surface area (Å²) in [5.41, 5.74) is 0. The summed E-state index contributed by atoms with van der Waals surface area (Å²) in [6.07, 6.45) is 0. The van der Waals surface area contributed by atoms with Crippen molar-refractivity contribution in [2.75, 3.05) is 0 Å². The Morgan fingerprint density at radius 1 is 0.833 bits per heavy atom. The zero-order valence-electron chi connectivity index (χ0n) is 9.32. The lowest BCUT2D eigenvalue weighted by Crippen LogP contribution is -2.59. The number of rotatable bonds is 3. The van der Waals surface area contributed by atoms with Gasteiger partial charge in [0.2, 0.25) is 0 Å². The zero-order chi connectivity index (χ0) is 13.2. The van der Waals surface area contributed by atoms with Crippen molar-refractivity contribution < 1.29 is 13.0 Å². The highest BCUT2D eigenvalue weighted by Gasteiger charge is 2.49. The quantitative estimate of drug-likeness (QED) is 0.529. The first kappa shape index (κ1) is 13.3. The summed E-state index contributed by atoms with van der Waals surface area (Å²) < 4.78 is 33.0. The van der Waals surface area contributed by atoms with E-state index in [-0.39, 0.29) is 0 Å². The molecule has 0 aliphatic carbocycles. The molecule has 0 saturated carbocycles. The van der Waals surface area contributed by atoms with E-state index in [0.29, 0.717) is 10.4 Å². The lowest BCUT2D eigenvalue weighted by molar-refractivity contribution is 0.500. The summed E-state index contributed by atoms with van der Waals surface area (Å²) in [5, 5.41) is 0.890. The minimum atomic E-state index is -4.37. The van der Waals surface area contributed by atoms with Gasteiger partial charge in [0, 0.05) is 0 Å². The summed E-state index contributed by atoms with van der Waals surface area (Å²) in [7, 11) is -4.37. The molecule has 0 heterocycles. The molecule has 0 spiro atoms. The fourth-order valence-corrected chi connectivity index (χ4v) is 7.30. The molecule has 2 aromatic carbocycles. The summed E-state index contributed by atoms with van der Waals surface area (Å²) in [5.74, 6) is 0. The van der Waals surface area contributed by atoms with E-state index in [0.717, 1.165) is 0 Å². The molecule has 0 saturated heterocycles. The second kappa shape index (κ2) is 4.85. The van der Waals surface area contributed by atoms with Gasteiger partial charge < -0.3 is 0 Å². The standard InChI is InChI=1S/C12H11ClO3SSi/c13-18(17(14,15)16,11-7-3-1-4-8-11)12-9-5-2-6-10-12/h1-10H,(H,14,15,16). The number of hydrogen-bond donors (Lipinski definition) is 1. The first-order valence-corrected chi connectivity index (χ1v) is 10.4. The number of benzene rings is 2. The van der Waals surface area contributed by atoms with Crippen LogP contribution in [0.3, 0.4) is 0 Å². The molecule has 6 heteroatoms. The maximum Gasteiger partial charge on any atom is 0.382 e. The molecular formula is C12H11ClO3SSi. The second-order valence-corrected chi connectivity index (χ2v) is 12.9. The molecule has 0 aliphatic rings. The molecule has 2 rings (SSSR count). The third-order valence-corrected chi connectivity index (χ3v) is 12.1. The molecule has 0 bridgehead atoms. The lowest BCUT2D eigenvalue weighted by atomic mass is 10.4. The average molecular weight is 299 g/mol. The largest absolute Gasteiger partial charge is 0.382 e. The van der Waals surface area contributed by atoms with Crippen LogP contribution >= 0.6 is 11.1 Å². The van der Waals surface area contributed by atoms with Crippen molar-refractivity contribution >= 4 is 37.6 Å². The van der Waals surface area contributed by atoms with Crippen LogP contribution in [0.1, 0.15) is 0 Å². The fourth-order valence-electron chi connectivity index (χ4n) is 1.77. The molecule has 18 heavy (non-hydrogen) atoms. The summed E-state index contributed by atoms with van der Waals surface area (Å²) in [4.78, 5) is 0. The molecular weight excluding hydrogens is 288 g/mol. The molecule has 0 unspecified atom stereocenters. The SMILES string of the molecule is O=S(=O)(O)[Si](Cl)(c1ccccc1)c1ccccc1. The van der Waals surface area contributed by atoms with E-state index in [1.807, 2.05) is 0 Å². The Kier molecular flexibility index (Phi) is 3.58. The highest BCUT2D eigenvalue weighted by atomic mass is 35.6. The van der Waals surface area contributed by atoms with Crippen LogP contribution in [-0.2, 0) is 9.57 Å². The van der Waals surface area contributed by atoms with Gasteiger partial charge >= 0.3 is 6.53 Å². The molecule has 94 valence electrons. The molecule has 0 atom stereocenters. The maximum atomic E-state index is 11.7. The van der Waals surface area contributed by atoms with E-state index in [9.17, 15) is 13.0 Å². The molecule has 0 amide bonds. The van der Waals surface area contributed by atoms with E-state index in [1.54, 1.807) is 60.7 Å². The van der Waals surface area contributed by atoms with Crippen LogP contribution in [0.25, 0.3) is 0 Å². The van der Waals surface area contributed by atoms with Crippen molar-refractivity contribution in [1.82, 2.24) is 0 Å². The summed E-state index contributed by atoms with van der Waals surface area (Å²) >= 11 is 6.37. The minimum absolute atomic E-state index is 0.445. The van der Waals surface area contributed by atoms with Gasteiger partial charge in [0.05, 0.1) is 0 Å². The van der Waals surface area contributed by atoms with Crippen molar-refractivity contribution in [1.29, 1.82) is 0 Å². The zero-order valence-corrected chi connectivity index (χ0v) is 11.9. The lowest BCUT2D eigenvalue weighted by Gasteiger charge is -2.21. The molecule has 0 radical (unpaired) electrons. The van der Waals surface area contributed by atoms with Crippen molar-refractivity contribution in [2.45, 2.75) is 0 Å². The first-order valence-electron chi connectivity index (χ1n) is 5.23. The van der Waals surface area contributed by atoms with Gasteiger partial charge in [-0.3, -0.25) is 4.55 Å². The molecule has 0 aliphatic heterocycles. The normalized spacial score (nSPS) is 12.3. The third kappa shape index (κ3) is 2.22. The Labute approximate surface area is 111 Å². The van der Waals surface area contributed by atoms with Gasteiger partial charge in [0.1, 0.15) is 0 Å². The van der Waals surface area contributed by atoms with Gasteiger partial charge in [0.25, 0.3) is 9.57 Å². The second-order valence-electron chi connectivity index (χ2n) is 3.80. The molecule has 2 aromatic rings. The van der Waals surface area contributed by atoms with E-state index in [4.69, 9.17) is 11.1 Å². The monoisotopic (exact) mass is 298 g/mol. The van der Waals surface area contributed by atoms with Gasteiger partial charge in [-0.05, 0) is 10.4 Å². The van der Waals surface area contributed by atoms with Crippen LogP contribution in [0.4, 0.5) is 0 Å². The van der Waals surface area contributed by atoms with Crippen LogP contribution in [0.15, 0.2) is 60.7 Å². The van der Waals surface area contributed by atoms with Crippen LogP contribution in [-0.4, -0.2) is 19.5 Å². The molecule has 0 fully saturated rings. The Balaban J connectivity index is 2.72.